The van der Waals surface area contributed by atoms with Gasteiger partial charge in [-0.05, 0) is 36.6 Å². The highest BCUT2D eigenvalue weighted by Crippen LogP contribution is 2.50. The fourth-order valence-electron chi connectivity index (χ4n) is 2.42. The highest BCUT2D eigenvalue weighted by Gasteiger charge is 2.52. The average Bonchev–Trinajstić information content (AvgIpc) is 3.18. The van der Waals surface area contributed by atoms with Crippen LogP contribution in [0, 0.1) is 5.82 Å². The Morgan fingerprint density at radius 2 is 2.00 bits per heavy atom. The van der Waals surface area contributed by atoms with Gasteiger partial charge in [-0.25, -0.2) is 4.39 Å². The molecule has 0 atom stereocenters. The fraction of sp³-hybridized carbons (Fsp3) is 0.357. The summed E-state index contributed by atoms with van der Waals surface area (Å²) in [4.78, 5) is 12.4. The number of hydrogen-bond donors (Lipinski definition) is 1. The molecule has 1 fully saturated rings. The number of hydrogen-bond acceptors (Lipinski definition) is 3. The van der Waals surface area contributed by atoms with Crippen molar-refractivity contribution in [2.45, 2.75) is 24.4 Å². The normalized spacial score (nSPS) is 16.2. The van der Waals surface area contributed by atoms with Crippen molar-refractivity contribution in [2.75, 3.05) is 5.32 Å². The minimum atomic E-state index is -4.67. The zero-order chi connectivity index (χ0) is 16.8. The lowest BCUT2D eigenvalue weighted by Gasteiger charge is -2.17. The number of aryl methyl sites for hydroxylation is 1. The van der Waals surface area contributed by atoms with Crippen LogP contribution in [0.1, 0.15) is 24.0 Å². The van der Waals surface area contributed by atoms with Crippen LogP contribution in [0.2, 0.25) is 0 Å². The quantitative estimate of drug-likeness (QED) is 0.881. The van der Waals surface area contributed by atoms with Crippen molar-refractivity contribution in [3.8, 4) is 0 Å². The zero-order valence-corrected chi connectivity index (χ0v) is 12.0. The molecule has 1 aromatic carbocycles. The van der Waals surface area contributed by atoms with Crippen molar-refractivity contribution in [3.05, 3.63) is 41.5 Å². The Balaban J connectivity index is 1.93. The Morgan fingerprint density at radius 3 is 2.52 bits per heavy atom. The smallest absolute Gasteiger partial charge is 0.303 e. The number of benzene rings is 1. The Morgan fingerprint density at radius 1 is 1.30 bits per heavy atom. The SMILES string of the molecule is Cn1cnnc1NC(=O)C1(c2cc(F)cc(C(F)(F)F)c2)CC1. The van der Waals surface area contributed by atoms with Crippen molar-refractivity contribution < 1.29 is 22.4 Å². The summed E-state index contributed by atoms with van der Waals surface area (Å²) >= 11 is 0. The molecule has 23 heavy (non-hydrogen) atoms. The minimum Gasteiger partial charge on any atom is -0.303 e. The van der Waals surface area contributed by atoms with Crippen LogP contribution in [0.5, 0.6) is 0 Å². The van der Waals surface area contributed by atoms with E-state index in [2.05, 4.69) is 15.5 Å². The molecule has 122 valence electrons. The van der Waals surface area contributed by atoms with E-state index < -0.39 is 28.9 Å². The highest BCUT2D eigenvalue weighted by molar-refractivity contribution is 6.00. The summed E-state index contributed by atoms with van der Waals surface area (Å²) in [6, 6.07) is 2.21. The fourth-order valence-corrected chi connectivity index (χ4v) is 2.42. The van der Waals surface area contributed by atoms with Gasteiger partial charge < -0.3 is 4.57 Å². The number of aromatic nitrogens is 3. The molecule has 0 bridgehead atoms. The summed E-state index contributed by atoms with van der Waals surface area (Å²) < 4.78 is 53.5. The molecular formula is C14H12F4N4O. The van der Waals surface area contributed by atoms with Crippen molar-refractivity contribution >= 4 is 11.9 Å². The number of alkyl halides is 3. The molecule has 0 aliphatic heterocycles. The van der Waals surface area contributed by atoms with Gasteiger partial charge in [0.25, 0.3) is 0 Å². The van der Waals surface area contributed by atoms with Gasteiger partial charge in [0, 0.05) is 7.05 Å². The highest BCUT2D eigenvalue weighted by atomic mass is 19.4. The van der Waals surface area contributed by atoms with Crippen LogP contribution in [0.3, 0.4) is 0 Å². The van der Waals surface area contributed by atoms with Crippen molar-refractivity contribution in [1.82, 2.24) is 14.8 Å². The first-order valence-corrected chi connectivity index (χ1v) is 6.76. The third kappa shape index (κ3) is 2.78. The molecule has 1 amide bonds. The standard InChI is InChI=1S/C14H12F4N4O/c1-22-7-19-21-12(22)20-11(23)13(2-3-13)8-4-9(14(16,17)18)6-10(15)5-8/h4-7H,2-3H2,1H3,(H,20,21,23). The van der Waals surface area contributed by atoms with Crippen molar-refractivity contribution in [1.29, 1.82) is 0 Å². The molecule has 1 heterocycles. The van der Waals surface area contributed by atoms with Crippen LogP contribution >= 0.6 is 0 Å². The van der Waals surface area contributed by atoms with Crippen molar-refractivity contribution in [2.24, 2.45) is 7.05 Å². The van der Waals surface area contributed by atoms with E-state index >= 15 is 0 Å². The van der Waals surface area contributed by atoms with Gasteiger partial charge in [0.05, 0.1) is 11.0 Å². The van der Waals surface area contributed by atoms with Crippen LogP contribution in [-0.4, -0.2) is 20.7 Å². The van der Waals surface area contributed by atoms with Gasteiger partial charge in [0.15, 0.2) is 0 Å². The second-order valence-electron chi connectivity index (χ2n) is 5.53. The monoisotopic (exact) mass is 328 g/mol. The molecule has 1 aliphatic carbocycles. The predicted octanol–water partition coefficient (Wildman–Crippen LogP) is 2.64. The third-order valence-electron chi connectivity index (χ3n) is 3.90. The van der Waals surface area contributed by atoms with E-state index in [-0.39, 0.29) is 11.5 Å². The van der Waals surface area contributed by atoms with E-state index in [4.69, 9.17) is 0 Å². The van der Waals surface area contributed by atoms with Crippen LogP contribution in [-0.2, 0) is 23.4 Å². The minimum absolute atomic E-state index is 0.0180. The Bertz CT molecular complexity index is 764. The lowest BCUT2D eigenvalue weighted by atomic mass is 9.93. The van der Waals surface area contributed by atoms with Crippen LogP contribution in [0.25, 0.3) is 0 Å². The Hall–Kier alpha value is -2.45. The summed E-state index contributed by atoms with van der Waals surface area (Å²) in [5.74, 6) is -1.37. The van der Waals surface area contributed by atoms with Crippen LogP contribution < -0.4 is 5.32 Å². The van der Waals surface area contributed by atoms with Gasteiger partial charge in [-0.1, -0.05) is 0 Å². The van der Waals surface area contributed by atoms with E-state index in [0.29, 0.717) is 18.9 Å². The van der Waals surface area contributed by atoms with Gasteiger partial charge >= 0.3 is 6.18 Å². The first-order chi connectivity index (χ1) is 10.7. The molecule has 2 aromatic rings. The summed E-state index contributed by atoms with van der Waals surface area (Å²) in [5.41, 5.74) is -2.25. The molecule has 0 radical (unpaired) electrons. The lowest BCUT2D eigenvalue weighted by molar-refractivity contribution is -0.138. The molecule has 9 heteroatoms. The number of carbonyl (C=O) groups is 1. The van der Waals surface area contributed by atoms with E-state index in [1.165, 1.54) is 10.9 Å². The first-order valence-electron chi connectivity index (χ1n) is 6.76. The average molecular weight is 328 g/mol. The summed E-state index contributed by atoms with van der Waals surface area (Å²) in [6.07, 6.45) is -2.61. The molecule has 1 saturated carbocycles. The largest absolute Gasteiger partial charge is 0.416 e. The van der Waals surface area contributed by atoms with Crippen LogP contribution in [0.15, 0.2) is 24.5 Å². The molecule has 1 aliphatic rings. The van der Waals surface area contributed by atoms with Crippen molar-refractivity contribution in [3.63, 3.8) is 0 Å². The second-order valence-corrected chi connectivity index (χ2v) is 5.53. The van der Waals surface area contributed by atoms with E-state index in [1.54, 1.807) is 7.05 Å². The second kappa shape index (κ2) is 5.04. The Kier molecular flexibility index (Phi) is 3.38. The number of amides is 1. The number of carbonyl (C=O) groups excluding carboxylic acids is 1. The van der Waals surface area contributed by atoms with Gasteiger partial charge in [0.2, 0.25) is 11.9 Å². The van der Waals surface area contributed by atoms with Gasteiger partial charge in [-0.3, -0.25) is 10.1 Å². The van der Waals surface area contributed by atoms with E-state index in [1.807, 2.05) is 0 Å². The van der Waals surface area contributed by atoms with E-state index in [9.17, 15) is 22.4 Å². The van der Waals surface area contributed by atoms with Gasteiger partial charge in [-0.2, -0.15) is 13.2 Å². The maximum Gasteiger partial charge on any atom is 0.416 e. The summed E-state index contributed by atoms with van der Waals surface area (Å²) in [7, 11) is 1.61. The van der Waals surface area contributed by atoms with Crippen LogP contribution in [0.4, 0.5) is 23.5 Å². The van der Waals surface area contributed by atoms with Gasteiger partial charge in [-0.15, -0.1) is 10.2 Å². The molecular weight excluding hydrogens is 316 g/mol. The topological polar surface area (TPSA) is 59.8 Å². The molecule has 3 rings (SSSR count). The maximum absolute atomic E-state index is 13.6. The number of halogens is 4. The number of rotatable bonds is 3. The number of nitrogens with one attached hydrogen (secondary N) is 1. The molecule has 1 aromatic heterocycles. The molecule has 0 unspecified atom stereocenters. The number of nitrogens with zero attached hydrogens (tertiary/aromatic N) is 3. The van der Waals surface area contributed by atoms with E-state index in [0.717, 1.165) is 12.1 Å². The molecule has 0 spiro atoms. The molecule has 0 saturated heterocycles. The lowest BCUT2D eigenvalue weighted by Crippen LogP contribution is -2.29. The predicted molar refractivity (Wildman–Crippen MR) is 71.9 cm³/mol. The third-order valence-corrected chi connectivity index (χ3v) is 3.90. The number of anilines is 1. The maximum atomic E-state index is 13.6. The summed E-state index contributed by atoms with van der Waals surface area (Å²) in [6.45, 7) is 0. The first kappa shape index (κ1) is 15.4. The zero-order valence-electron chi connectivity index (χ0n) is 12.0. The Labute approximate surface area is 128 Å². The molecule has 5 nitrogen and oxygen atoms in total. The van der Waals surface area contributed by atoms with Gasteiger partial charge in [0.1, 0.15) is 12.1 Å². The molecule has 1 N–H and O–H groups in total. The summed E-state index contributed by atoms with van der Waals surface area (Å²) in [5, 5.41) is 9.81.